The Labute approximate surface area is 105 Å². The number of aromatic nitrogens is 2. The van der Waals surface area contributed by atoms with E-state index in [9.17, 15) is 4.79 Å². The molecule has 0 spiro atoms. The molecule has 1 aliphatic rings. The van der Waals surface area contributed by atoms with Crippen molar-refractivity contribution < 1.29 is 4.79 Å². The van der Waals surface area contributed by atoms with Crippen LogP contribution in [0.1, 0.15) is 16.1 Å². The smallest absolute Gasteiger partial charge is 0.254 e. The Hall–Kier alpha value is -1.88. The van der Waals surface area contributed by atoms with Crippen LogP contribution in [-0.2, 0) is 0 Å². The first kappa shape index (κ1) is 11.2. The molecule has 0 saturated carbocycles. The minimum absolute atomic E-state index is 0.0969. The molecule has 1 aliphatic heterocycles. The van der Waals surface area contributed by atoms with Crippen molar-refractivity contribution in [2.45, 2.75) is 6.92 Å². The van der Waals surface area contributed by atoms with E-state index in [-0.39, 0.29) is 5.91 Å². The number of carbonyl (C=O) groups excluding carboxylic acids is 1. The Bertz CT molecular complexity index is 584. The molecule has 0 aromatic carbocycles. The van der Waals surface area contributed by atoms with Crippen LogP contribution in [0.15, 0.2) is 24.5 Å². The van der Waals surface area contributed by atoms with Crippen LogP contribution in [0.3, 0.4) is 0 Å². The summed E-state index contributed by atoms with van der Waals surface area (Å²) in [6.07, 6.45) is 3.85. The maximum absolute atomic E-state index is 12.3. The number of fused-ring (bicyclic) bond motifs is 1. The standard InChI is InChI=1S/C13H16N4O/c1-10-9-17-5-2-11(8-12(17)15-10)13(18)16-6-3-14-4-7-16/h2,5,8-9,14H,3-4,6-7H2,1H3. The summed E-state index contributed by atoms with van der Waals surface area (Å²) >= 11 is 0. The molecule has 2 aromatic rings. The van der Waals surface area contributed by atoms with Gasteiger partial charge in [0.2, 0.25) is 0 Å². The highest BCUT2D eigenvalue weighted by molar-refractivity contribution is 5.95. The van der Waals surface area contributed by atoms with Gasteiger partial charge in [-0.2, -0.15) is 0 Å². The first-order chi connectivity index (χ1) is 8.74. The lowest BCUT2D eigenvalue weighted by molar-refractivity contribution is 0.0736. The van der Waals surface area contributed by atoms with Crippen molar-refractivity contribution >= 4 is 11.6 Å². The van der Waals surface area contributed by atoms with Gasteiger partial charge in [0.1, 0.15) is 5.65 Å². The topological polar surface area (TPSA) is 49.6 Å². The predicted molar refractivity (Wildman–Crippen MR) is 68.7 cm³/mol. The Morgan fingerprint density at radius 1 is 1.39 bits per heavy atom. The minimum Gasteiger partial charge on any atom is -0.336 e. The van der Waals surface area contributed by atoms with Gasteiger partial charge in [-0.1, -0.05) is 0 Å². The molecule has 3 rings (SSSR count). The zero-order chi connectivity index (χ0) is 12.5. The van der Waals surface area contributed by atoms with Gasteiger partial charge in [0.25, 0.3) is 5.91 Å². The molecule has 1 fully saturated rings. The molecule has 2 aromatic heterocycles. The highest BCUT2D eigenvalue weighted by atomic mass is 16.2. The van der Waals surface area contributed by atoms with E-state index in [1.165, 1.54) is 0 Å². The van der Waals surface area contributed by atoms with Crippen molar-refractivity contribution in [2.24, 2.45) is 0 Å². The normalized spacial score (nSPS) is 16.2. The van der Waals surface area contributed by atoms with E-state index in [4.69, 9.17) is 0 Å². The van der Waals surface area contributed by atoms with Crippen molar-refractivity contribution in [1.82, 2.24) is 19.6 Å². The lowest BCUT2D eigenvalue weighted by Crippen LogP contribution is -2.46. The van der Waals surface area contributed by atoms with Crippen LogP contribution < -0.4 is 5.32 Å². The van der Waals surface area contributed by atoms with Crippen molar-refractivity contribution in [3.05, 3.63) is 35.8 Å². The summed E-state index contributed by atoms with van der Waals surface area (Å²) in [6, 6.07) is 3.72. The fraction of sp³-hybridized carbons (Fsp3) is 0.385. The fourth-order valence-electron chi connectivity index (χ4n) is 2.29. The third-order valence-electron chi connectivity index (χ3n) is 3.23. The van der Waals surface area contributed by atoms with E-state index in [0.29, 0.717) is 0 Å². The monoisotopic (exact) mass is 244 g/mol. The molecule has 5 heteroatoms. The maximum Gasteiger partial charge on any atom is 0.254 e. The molecular weight excluding hydrogens is 228 g/mol. The van der Waals surface area contributed by atoms with Crippen LogP contribution in [-0.4, -0.2) is 46.4 Å². The van der Waals surface area contributed by atoms with E-state index in [0.717, 1.165) is 43.1 Å². The number of carbonyl (C=O) groups is 1. The van der Waals surface area contributed by atoms with Gasteiger partial charge in [-0.05, 0) is 19.1 Å². The van der Waals surface area contributed by atoms with Crippen molar-refractivity contribution in [2.75, 3.05) is 26.2 Å². The van der Waals surface area contributed by atoms with E-state index >= 15 is 0 Å². The number of hydrogen-bond donors (Lipinski definition) is 1. The zero-order valence-electron chi connectivity index (χ0n) is 10.4. The van der Waals surface area contributed by atoms with Crippen molar-refractivity contribution in [3.8, 4) is 0 Å². The molecular formula is C13H16N4O. The summed E-state index contributed by atoms with van der Waals surface area (Å²) in [5.74, 6) is 0.0969. The summed E-state index contributed by atoms with van der Waals surface area (Å²) < 4.78 is 1.93. The number of rotatable bonds is 1. The third kappa shape index (κ3) is 1.97. The van der Waals surface area contributed by atoms with Gasteiger partial charge in [0.05, 0.1) is 5.69 Å². The second-order valence-electron chi connectivity index (χ2n) is 4.61. The number of hydrogen-bond acceptors (Lipinski definition) is 3. The van der Waals surface area contributed by atoms with Crippen LogP contribution >= 0.6 is 0 Å². The molecule has 0 bridgehead atoms. The van der Waals surface area contributed by atoms with Crippen molar-refractivity contribution in [1.29, 1.82) is 0 Å². The highest BCUT2D eigenvalue weighted by Crippen LogP contribution is 2.10. The molecule has 5 nitrogen and oxygen atoms in total. The fourth-order valence-corrected chi connectivity index (χ4v) is 2.29. The SMILES string of the molecule is Cc1cn2ccc(C(=O)N3CCNCC3)cc2n1. The lowest BCUT2D eigenvalue weighted by atomic mass is 10.2. The number of nitrogens with zero attached hydrogens (tertiary/aromatic N) is 3. The lowest BCUT2D eigenvalue weighted by Gasteiger charge is -2.27. The molecule has 0 radical (unpaired) electrons. The van der Waals surface area contributed by atoms with E-state index in [2.05, 4.69) is 10.3 Å². The summed E-state index contributed by atoms with van der Waals surface area (Å²) in [5.41, 5.74) is 2.50. The van der Waals surface area contributed by atoms with E-state index < -0.39 is 0 Å². The number of amides is 1. The predicted octanol–water partition coefficient (Wildman–Crippen LogP) is 0.688. The number of imidazole rings is 1. The Balaban J connectivity index is 1.90. The number of nitrogens with one attached hydrogen (secondary N) is 1. The molecule has 1 N–H and O–H groups in total. The first-order valence-corrected chi connectivity index (χ1v) is 6.19. The maximum atomic E-state index is 12.3. The Morgan fingerprint density at radius 3 is 2.94 bits per heavy atom. The van der Waals surface area contributed by atoms with Crippen LogP contribution in [0, 0.1) is 6.92 Å². The van der Waals surface area contributed by atoms with Gasteiger partial charge < -0.3 is 14.6 Å². The third-order valence-corrected chi connectivity index (χ3v) is 3.23. The van der Waals surface area contributed by atoms with Gasteiger partial charge >= 0.3 is 0 Å². The van der Waals surface area contributed by atoms with Gasteiger partial charge in [0, 0.05) is 44.1 Å². The van der Waals surface area contributed by atoms with Crippen LogP contribution in [0.25, 0.3) is 5.65 Å². The second kappa shape index (κ2) is 4.42. The van der Waals surface area contributed by atoms with E-state index in [1.807, 2.05) is 40.8 Å². The quantitative estimate of drug-likeness (QED) is 0.803. The molecule has 1 saturated heterocycles. The molecule has 0 aliphatic carbocycles. The number of aryl methyl sites for hydroxylation is 1. The number of piperazine rings is 1. The molecule has 3 heterocycles. The summed E-state index contributed by atoms with van der Waals surface area (Å²) in [4.78, 5) is 18.6. The Morgan fingerprint density at radius 2 is 2.17 bits per heavy atom. The van der Waals surface area contributed by atoms with Crippen LogP contribution in [0.2, 0.25) is 0 Å². The first-order valence-electron chi connectivity index (χ1n) is 6.19. The molecule has 1 amide bonds. The molecule has 94 valence electrons. The molecule has 0 atom stereocenters. The molecule has 0 unspecified atom stereocenters. The van der Waals surface area contributed by atoms with Crippen molar-refractivity contribution in [3.63, 3.8) is 0 Å². The summed E-state index contributed by atoms with van der Waals surface area (Å²) in [7, 11) is 0. The average molecular weight is 244 g/mol. The van der Waals surface area contributed by atoms with Gasteiger partial charge in [0.15, 0.2) is 0 Å². The molecule has 18 heavy (non-hydrogen) atoms. The van der Waals surface area contributed by atoms with Gasteiger partial charge in [-0.25, -0.2) is 4.98 Å². The average Bonchev–Trinajstić information content (AvgIpc) is 2.78. The minimum atomic E-state index is 0.0969. The van der Waals surface area contributed by atoms with Crippen LogP contribution in [0.5, 0.6) is 0 Å². The number of pyridine rings is 1. The highest BCUT2D eigenvalue weighted by Gasteiger charge is 2.18. The van der Waals surface area contributed by atoms with Crippen LogP contribution in [0.4, 0.5) is 0 Å². The Kier molecular flexibility index (Phi) is 2.76. The zero-order valence-corrected chi connectivity index (χ0v) is 10.4. The second-order valence-corrected chi connectivity index (χ2v) is 4.61. The summed E-state index contributed by atoms with van der Waals surface area (Å²) in [6.45, 7) is 5.24. The van der Waals surface area contributed by atoms with E-state index in [1.54, 1.807) is 0 Å². The largest absolute Gasteiger partial charge is 0.336 e. The van der Waals surface area contributed by atoms with Gasteiger partial charge in [-0.3, -0.25) is 4.79 Å². The summed E-state index contributed by atoms with van der Waals surface area (Å²) in [5, 5.41) is 3.24. The van der Waals surface area contributed by atoms with Gasteiger partial charge in [-0.15, -0.1) is 0 Å².